The van der Waals surface area contributed by atoms with E-state index in [4.69, 9.17) is 21.3 Å². The molecule has 3 saturated heterocycles. The van der Waals surface area contributed by atoms with Crippen molar-refractivity contribution in [1.82, 2.24) is 34.5 Å². The summed E-state index contributed by atoms with van der Waals surface area (Å²) in [7, 11) is 3.44. The Bertz CT molecular complexity index is 2670. The zero-order valence-electron chi connectivity index (χ0n) is 34.3. The average Bonchev–Trinajstić information content (AvgIpc) is 4.06. The van der Waals surface area contributed by atoms with E-state index in [-0.39, 0.29) is 46.7 Å². The van der Waals surface area contributed by atoms with Crippen LogP contribution in [-0.4, -0.2) is 112 Å². The summed E-state index contributed by atoms with van der Waals surface area (Å²) in [6, 6.07) is 10.2. The molecular formula is C43H47ClF3N11O4. The number of piperidine rings is 2. The number of hydrogen-bond donors (Lipinski definition) is 3. The van der Waals surface area contributed by atoms with Gasteiger partial charge in [-0.15, -0.1) is 0 Å². The molecule has 7 heterocycles. The highest BCUT2D eigenvalue weighted by molar-refractivity contribution is 6.33. The van der Waals surface area contributed by atoms with Gasteiger partial charge in [0, 0.05) is 87.8 Å². The Labute approximate surface area is 359 Å². The standard InChI is InChI=1S/C43H47ClF3N11O4/c1-54-32-9-5-25(17-29(32)36-37(41(54)61)62-22-43(46,47)38(51-36)23-3-4-23)49-39-30(44)19-48-42(52-39)58-12-11-24(31(45)21-58)20-56-13-15-57(16-14-56)26-6-7-27-33(18-26)55(2)53-35(27)28-8-10-34(59)50-40(28)60/h5-7,9,17-19,23-24,28,31,38,51H,3-4,8,10-16,20-22H2,1-2H3,(H,48,49,52)(H,50,59,60)/t24?,28?,31-,38-/m0/s1. The molecule has 5 aromatic rings. The van der Waals surface area contributed by atoms with Gasteiger partial charge < -0.3 is 29.7 Å². The summed E-state index contributed by atoms with van der Waals surface area (Å²) in [6.45, 7) is 3.60. The molecule has 4 aliphatic heterocycles. The third-order valence-corrected chi connectivity index (χ3v) is 13.5. The number of alkyl halides is 3. The number of piperazine rings is 1. The molecule has 3 N–H and O–H groups in total. The summed E-state index contributed by atoms with van der Waals surface area (Å²) in [5.74, 6) is -4.04. The van der Waals surface area contributed by atoms with E-state index in [0.717, 1.165) is 42.8 Å². The van der Waals surface area contributed by atoms with E-state index >= 15 is 13.2 Å². The van der Waals surface area contributed by atoms with Crippen molar-refractivity contribution in [3.63, 3.8) is 0 Å². The molecule has 0 radical (unpaired) electrons. The summed E-state index contributed by atoms with van der Waals surface area (Å²) < 4.78 is 55.0. The lowest BCUT2D eigenvalue weighted by Gasteiger charge is -2.40. The number of carbonyl (C=O) groups is 2. The molecule has 4 atom stereocenters. The van der Waals surface area contributed by atoms with Gasteiger partial charge in [0.15, 0.2) is 12.4 Å². The lowest BCUT2D eigenvalue weighted by molar-refractivity contribution is -0.134. The van der Waals surface area contributed by atoms with E-state index in [1.165, 1.54) is 10.8 Å². The van der Waals surface area contributed by atoms with Gasteiger partial charge in [0.2, 0.25) is 23.5 Å². The minimum atomic E-state index is -3.16. The predicted molar refractivity (Wildman–Crippen MR) is 230 cm³/mol. The molecule has 0 bridgehead atoms. The number of rotatable bonds is 8. The topological polar surface area (TPSA) is 155 Å². The highest BCUT2D eigenvalue weighted by Gasteiger charge is 2.51. The molecule has 2 unspecified atom stereocenters. The quantitative estimate of drug-likeness (QED) is 0.173. The van der Waals surface area contributed by atoms with Crippen LogP contribution < -0.4 is 36.0 Å². The van der Waals surface area contributed by atoms with E-state index in [1.54, 1.807) is 29.9 Å². The SMILES string of the molecule is Cn1nc(C2CCC(=O)NC2=O)c2ccc(N3CCN(CC4CCN(c5ncc(Cl)c(Nc6ccc7c(c6)c6c(c(=O)n7C)OCC(F)(F)[C@H](C7CC7)N6)n5)C[C@@H]4F)CC3)cc21. The van der Waals surface area contributed by atoms with Crippen LogP contribution >= 0.6 is 11.6 Å². The van der Waals surface area contributed by atoms with Crippen LogP contribution in [0.2, 0.25) is 5.02 Å². The molecule has 326 valence electrons. The van der Waals surface area contributed by atoms with Crippen LogP contribution in [0.3, 0.4) is 0 Å². The Morgan fingerprint density at radius 2 is 1.76 bits per heavy atom. The number of imide groups is 1. The van der Waals surface area contributed by atoms with Crippen molar-refractivity contribution in [2.24, 2.45) is 25.9 Å². The van der Waals surface area contributed by atoms with E-state index in [0.29, 0.717) is 79.2 Å². The largest absolute Gasteiger partial charge is 0.480 e. The monoisotopic (exact) mass is 873 g/mol. The number of fused-ring (bicyclic) bond motifs is 4. The Morgan fingerprint density at radius 1 is 0.952 bits per heavy atom. The zero-order chi connectivity index (χ0) is 43.0. The van der Waals surface area contributed by atoms with E-state index in [1.807, 2.05) is 18.0 Å². The highest BCUT2D eigenvalue weighted by Crippen LogP contribution is 2.46. The Balaban J connectivity index is 0.777. The second kappa shape index (κ2) is 15.6. The molecule has 2 amide bonds. The third kappa shape index (κ3) is 7.43. The van der Waals surface area contributed by atoms with Gasteiger partial charge in [-0.3, -0.25) is 29.3 Å². The van der Waals surface area contributed by atoms with Gasteiger partial charge in [-0.05, 0) is 68.0 Å². The number of hydrogen-bond acceptors (Lipinski definition) is 12. The first-order chi connectivity index (χ1) is 29.8. The van der Waals surface area contributed by atoms with Crippen LogP contribution in [-0.2, 0) is 23.7 Å². The highest BCUT2D eigenvalue weighted by atomic mass is 35.5. The maximum absolute atomic E-state index is 16.0. The molecule has 4 fully saturated rings. The van der Waals surface area contributed by atoms with Crippen LogP contribution in [0.25, 0.3) is 21.8 Å². The molecule has 3 aromatic heterocycles. The van der Waals surface area contributed by atoms with Crippen molar-refractivity contribution >= 4 is 74.0 Å². The second-order valence-corrected chi connectivity index (χ2v) is 17.7. The fourth-order valence-electron chi connectivity index (χ4n) is 9.56. The first-order valence-corrected chi connectivity index (χ1v) is 21.6. The summed E-state index contributed by atoms with van der Waals surface area (Å²) in [6.07, 6.45) is 3.09. The number of aryl methyl sites for hydroxylation is 2. The van der Waals surface area contributed by atoms with Crippen molar-refractivity contribution < 1.29 is 27.5 Å². The van der Waals surface area contributed by atoms with E-state index in [9.17, 15) is 14.4 Å². The average molecular weight is 874 g/mol. The smallest absolute Gasteiger partial charge is 0.301 e. The van der Waals surface area contributed by atoms with Crippen LogP contribution in [0.15, 0.2) is 47.4 Å². The zero-order valence-corrected chi connectivity index (χ0v) is 35.1. The number of halogens is 4. The van der Waals surface area contributed by atoms with Gasteiger partial charge in [-0.2, -0.15) is 10.1 Å². The van der Waals surface area contributed by atoms with E-state index in [2.05, 4.69) is 48.0 Å². The van der Waals surface area contributed by atoms with Crippen LogP contribution in [0.5, 0.6) is 5.75 Å². The van der Waals surface area contributed by atoms with Gasteiger partial charge in [-0.1, -0.05) is 11.6 Å². The Morgan fingerprint density at radius 3 is 2.52 bits per heavy atom. The van der Waals surface area contributed by atoms with Gasteiger partial charge >= 0.3 is 5.92 Å². The van der Waals surface area contributed by atoms with E-state index < -0.39 is 36.2 Å². The van der Waals surface area contributed by atoms with Crippen LogP contribution in [0, 0.1) is 11.8 Å². The normalized spacial score (nSPS) is 24.4. The number of pyridine rings is 1. The van der Waals surface area contributed by atoms with Crippen LogP contribution in [0.1, 0.15) is 43.7 Å². The minimum absolute atomic E-state index is 0.131. The lowest BCUT2D eigenvalue weighted by Crippen LogP contribution is -2.51. The van der Waals surface area contributed by atoms with Crippen LogP contribution in [0.4, 0.5) is 42.0 Å². The summed E-state index contributed by atoms with van der Waals surface area (Å²) >= 11 is 6.58. The van der Waals surface area contributed by atoms with Crippen molar-refractivity contribution in [2.45, 2.75) is 56.2 Å². The molecule has 19 heteroatoms. The lowest BCUT2D eigenvalue weighted by atomic mass is 9.93. The molecule has 5 aliphatic rings. The molecule has 10 rings (SSSR count). The maximum Gasteiger partial charge on any atom is 0.301 e. The molecule has 2 aromatic carbocycles. The minimum Gasteiger partial charge on any atom is -0.480 e. The molecular weight excluding hydrogens is 827 g/mol. The molecule has 62 heavy (non-hydrogen) atoms. The summed E-state index contributed by atoms with van der Waals surface area (Å²) in [5.41, 5.74) is 3.49. The summed E-state index contributed by atoms with van der Waals surface area (Å²) in [4.78, 5) is 53.1. The third-order valence-electron chi connectivity index (χ3n) is 13.2. The number of ether oxygens (including phenoxy) is 1. The van der Waals surface area contributed by atoms with Crippen molar-refractivity contribution in [2.75, 3.05) is 72.9 Å². The first-order valence-electron chi connectivity index (χ1n) is 21.2. The number of benzene rings is 2. The number of nitrogens with one attached hydrogen (secondary N) is 3. The number of amides is 2. The molecule has 0 spiro atoms. The van der Waals surface area contributed by atoms with Gasteiger partial charge in [0.1, 0.15) is 11.2 Å². The molecule has 15 nitrogen and oxygen atoms in total. The van der Waals surface area contributed by atoms with Gasteiger partial charge in [0.25, 0.3) is 5.56 Å². The molecule has 1 aliphatic carbocycles. The number of anilines is 5. The van der Waals surface area contributed by atoms with Gasteiger partial charge in [0.05, 0.1) is 47.1 Å². The number of aromatic nitrogens is 5. The fraction of sp³-hybridized carbons (Fsp3) is 0.488. The number of carbonyl (C=O) groups excluding carboxylic acids is 2. The Hall–Kier alpha value is -5.62. The maximum atomic E-state index is 16.0. The van der Waals surface area contributed by atoms with Crippen molar-refractivity contribution in [3.05, 3.63) is 63.7 Å². The van der Waals surface area contributed by atoms with Crippen molar-refractivity contribution in [1.29, 1.82) is 0 Å². The van der Waals surface area contributed by atoms with Gasteiger partial charge in [-0.25, -0.2) is 18.2 Å². The predicted octanol–water partition coefficient (Wildman–Crippen LogP) is 5.34. The first kappa shape index (κ1) is 40.5. The second-order valence-electron chi connectivity index (χ2n) is 17.3. The fourth-order valence-corrected chi connectivity index (χ4v) is 9.70. The molecule has 1 saturated carbocycles. The number of nitrogens with zero attached hydrogens (tertiary/aromatic N) is 8. The summed E-state index contributed by atoms with van der Waals surface area (Å²) in [5, 5.41) is 15.0. The Kier molecular flexibility index (Phi) is 10.2. The van der Waals surface area contributed by atoms with Crippen molar-refractivity contribution in [3.8, 4) is 5.75 Å².